The summed E-state index contributed by atoms with van der Waals surface area (Å²) in [7, 11) is 0. The molecule has 0 saturated carbocycles. The van der Waals surface area contributed by atoms with Crippen LogP contribution in [0.4, 0.5) is 20.2 Å². The lowest BCUT2D eigenvalue weighted by Crippen LogP contribution is -2.31. The Balaban J connectivity index is 1.98. The van der Waals surface area contributed by atoms with Crippen LogP contribution in [-0.4, -0.2) is 10.8 Å². The van der Waals surface area contributed by atoms with E-state index in [9.17, 15) is 23.7 Å². The van der Waals surface area contributed by atoms with E-state index in [1.54, 1.807) is 12.1 Å². The topological polar surface area (TPSA) is 63.4 Å². The minimum absolute atomic E-state index is 0.0665. The Morgan fingerprint density at radius 2 is 1.85 bits per heavy atom. The highest BCUT2D eigenvalue weighted by atomic mass is 32.1. The number of anilines is 1. The van der Waals surface area contributed by atoms with Crippen LogP contribution in [0.5, 0.6) is 0 Å². The smallest absolute Gasteiger partial charge is 0.269 e. The van der Waals surface area contributed by atoms with E-state index in [0.29, 0.717) is 6.07 Å². The van der Waals surface area contributed by atoms with Crippen molar-refractivity contribution >= 4 is 28.6 Å². The van der Waals surface area contributed by atoms with Crippen molar-refractivity contribution in [2.45, 2.75) is 6.54 Å². The number of hydrogen-bond acceptors (Lipinski definition) is 4. The standard InChI is InChI=1S/C18H12F2N2O3S/c19-13-5-8-17(16(20)10-13)21(11-15-2-1-9-26-15)18(23)12-3-6-14(7-4-12)22(24)25/h1-10H,11H2. The maximum atomic E-state index is 14.3. The molecule has 0 radical (unpaired) electrons. The molecule has 0 fully saturated rings. The Kier molecular flexibility index (Phi) is 5.04. The summed E-state index contributed by atoms with van der Waals surface area (Å²) in [6, 6.07) is 11.6. The Hall–Kier alpha value is -3.13. The molecule has 0 saturated heterocycles. The highest BCUT2D eigenvalue weighted by Gasteiger charge is 2.22. The molecule has 0 unspecified atom stereocenters. The second-order valence-electron chi connectivity index (χ2n) is 5.37. The summed E-state index contributed by atoms with van der Waals surface area (Å²) in [5.74, 6) is -2.15. The van der Waals surface area contributed by atoms with Crippen molar-refractivity contribution in [1.29, 1.82) is 0 Å². The molecule has 1 amide bonds. The third kappa shape index (κ3) is 3.75. The summed E-state index contributed by atoms with van der Waals surface area (Å²) in [4.78, 5) is 25.1. The van der Waals surface area contributed by atoms with Crippen molar-refractivity contribution in [3.63, 3.8) is 0 Å². The Labute approximate surface area is 151 Å². The number of non-ortho nitro benzene ring substituents is 1. The number of hydrogen-bond donors (Lipinski definition) is 0. The lowest BCUT2D eigenvalue weighted by molar-refractivity contribution is -0.384. The number of amides is 1. The van der Waals surface area contributed by atoms with Crippen molar-refractivity contribution in [2.24, 2.45) is 0 Å². The lowest BCUT2D eigenvalue weighted by atomic mass is 10.1. The van der Waals surface area contributed by atoms with Gasteiger partial charge in [0.25, 0.3) is 11.6 Å². The first kappa shape index (κ1) is 17.7. The second kappa shape index (κ2) is 7.40. The second-order valence-corrected chi connectivity index (χ2v) is 6.40. The number of thiophene rings is 1. The molecule has 0 aliphatic heterocycles. The van der Waals surface area contributed by atoms with E-state index in [1.165, 1.54) is 46.6 Å². The molecule has 5 nitrogen and oxygen atoms in total. The SMILES string of the molecule is O=C(c1ccc([N+](=O)[O-])cc1)N(Cc1cccs1)c1ccc(F)cc1F. The third-order valence-corrected chi connectivity index (χ3v) is 4.53. The maximum absolute atomic E-state index is 14.3. The first-order valence-corrected chi connectivity index (χ1v) is 8.37. The minimum atomic E-state index is -0.864. The Bertz CT molecular complexity index is 944. The van der Waals surface area contributed by atoms with Crippen LogP contribution in [0.15, 0.2) is 60.0 Å². The van der Waals surface area contributed by atoms with Crippen molar-refractivity contribution in [3.8, 4) is 0 Å². The van der Waals surface area contributed by atoms with Crippen LogP contribution in [-0.2, 0) is 6.54 Å². The fourth-order valence-corrected chi connectivity index (χ4v) is 3.10. The number of carbonyl (C=O) groups is 1. The van der Waals surface area contributed by atoms with Crippen molar-refractivity contribution in [1.82, 2.24) is 0 Å². The van der Waals surface area contributed by atoms with E-state index in [0.717, 1.165) is 10.9 Å². The molecule has 3 rings (SSSR count). The van der Waals surface area contributed by atoms with E-state index in [2.05, 4.69) is 0 Å². The van der Waals surface area contributed by atoms with Crippen molar-refractivity contribution in [3.05, 3.63) is 92.2 Å². The molecule has 0 spiro atoms. The summed E-state index contributed by atoms with van der Waals surface area (Å²) in [6.45, 7) is 0.0933. The minimum Gasteiger partial charge on any atom is -0.300 e. The number of carbonyl (C=O) groups excluding carboxylic acids is 1. The van der Waals surface area contributed by atoms with Gasteiger partial charge in [0, 0.05) is 28.6 Å². The van der Waals surface area contributed by atoms with Gasteiger partial charge in [-0.3, -0.25) is 14.9 Å². The van der Waals surface area contributed by atoms with Gasteiger partial charge >= 0.3 is 0 Å². The van der Waals surface area contributed by atoms with Crippen LogP contribution >= 0.6 is 11.3 Å². The van der Waals surface area contributed by atoms with Gasteiger partial charge in [0.05, 0.1) is 17.2 Å². The van der Waals surface area contributed by atoms with Gasteiger partial charge in [0.15, 0.2) is 0 Å². The van der Waals surface area contributed by atoms with E-state index < -0.39 is 22.5 Å². The van der Waals surface area contributed by atoms with Gasteiger partial charge in [-0.05, 0) is 35.7 Å². The molecule has 1 heterocycles. The predicted octanol–water partition coefficient (Wildman–Crippen LogP) is 4.78. The predicted molar refractivity (Wildman–Crippen MR) is 94.3 cm³/mol. The molecular formula is C18H12F2N2O3S. The summed E-state index contributed by atoms with van der Waals surface area (Å²) >= 11 is 1.39. The fourth-order valence-electron chi connectivity index (χ4n) is 2.41. The summed E-state index contributed by atoms with van der Waals surface area (Å²) < 4.78 is 27.5. The zero-order valence-corrected chi connectivity index (χ0v) is 14.1. The number of nitrogens with zero attached hydrogens (tertiary/aromatic N) is 2. The highest BCUT2D eigenvalue weighted by molar-refractivity contribution is 7.09. The van der Waals surface area contributed by atoms with Gasteiger partial charge < -0.3 is 4.90 Å². The highest BCUT2D eigenvalue weighted by Crippen LogP contribution is 2.26. The van der Waals surface area contributed by atoms with Crippen molar-refractivity contribution < 1.29 is 18.5 Å². The van der Waals surface area contributed by atoms with E-state index >= 15 is 0 Å². The quantitative estimate of drug-likeness (QED) is 0.477. The average molecular weight is 374 g/mol. The molecule has 3 aromatic rings. The third-order valence-electron chi connectivity index (χ3n) is 3.66. The normalized spacial score (nSPS) is 10.5. The molecular weight excluding hydrogens is 362 g/mol. The fraction of sp³-hybridized carbons (Fsp3) is 0.0556. The van der Waals surface area contributed by atoms with Gasteiger partial charge in [-0.1, -0.05) is 6.07 Å². The molecule has 0 atom stereocenters. The van der Waals surface area contributed by atoms with Crippen LogP contribution in [0.1, 0.15) is 15.2 Å². The van der Waals surface area contributed by atoms with E-state index in [4.69, 9.17) is 0 Å². The van der Waals surface area contributed by atoms with Gasteiger partial charge in [-0.2, -0.15) is 0 Å². The van der Waals surface area contributed by atoms with Crippen LogP contribution < -0.4 is 4.90 Å². The van der Waals surface area contributed by atoms with E-state index in [1.807, 2.05) is 5.38 Å². The largest absolute Gasteiger partial charge is 0.300 e. The molecule has 132 valence electrons. The van der Waals surface area contributed by atoms with Gasteiger partial charge in [-0.15, -0.1) is 11.3 Å². The molecule has 0 aliphatic carbocycles. The van der Waals surface area contributed by atoms with Crippen LogP contribution in [0, 0.1) is 21.7 Å². The van der Waals surface area contributed by atoms with Gasteiger partial charge in [-0.25, -0.2) is 8.78 Å². The number of nitro benzene ring substituents is 1. The number of rotatable bonds is 5. The van der Waals surface area contributed by atoms with Gasteiger partial charge in [0.2, 0.25) is 0 Å². The molecule has 0 N–H and O–H groups in total. The summed E-state index contributed by atoms with van der Waals surface area (Å²) in [6.07, 6.45) is 0. The van der Waals surface area contributed by atoms with Crippen molar-refractivity contribution in [2.75, 3.05) is 4.90 Å². The Morgan fingerprint density at radius 3 is 2.42 bits per heavy atom. The number of nitro groups is 1. The number of benzene rings is 2. The van der Waals surface area contributed by atoms with Gasteiger partial charge in [0.1, 0.15) is 11.6 Å². The zero-order chi connectivity index (χ0) is 18.7. The molecule has 0 aliphatic rings. The Morgan fingerprint density at radius 1 is 1.12 bits per heavy atom. The molecule has 8 heteroatoms. The number of halogens is 2. The summed E-state index contributed by atoms with van der Waals surface area (Å²) in [5.41, 5.74) is -0.0571. The average Bonchev–Trinajstić information content (AvgIpc) is 3.13. The molecule has 1 aromatic heterocycles. The van der Waals surface area contributed by atoms with Crippen LogP contribution in [0.3, 0.4) is 0 Å². The van der Waals surface area contributed by atoms with E-state index in [-0.39, 0.29) is 23.5 Å². The molecule has 0 bridgehead atoms. The monoisotopic (exact) mass is 374 g/mol. The molecule has 2 aromatic carbocycles. The summed E-state index contributed by atoms with van der Waals surface area (Å²) in [5, 5.41) is 12.6. The first-order chi connectivity index (χ1) is 12.5. The zero-order valence-electron chi connectivity index (χ0n) is 13.3. The first-order valence-electron chi connectivity index (χ1n) is 7.49. The molecule has 26 heavy (non-hydrogen) atoms. The van der Waals surface area contributed by atoms with Crippen LogP contribution in [0.2, 0.25) is 0 Å². The lowest BCUT2D eigenvalue weighted by Gasteiger charge is -2.23. The maximum Gasteiger partial charge on any atom is 0.269 e. The van der Waals surface area contributed by atoms with Crippen LogP contribution in [0.25, 0.3) is 0 Å².